The number of alkyl halides is 3. The first-order valence-electron chi connectivity index (χ1n) is 9.67. The van der Waals surface area contributed by atoms with Crippen LogP contribution in [0.25, 0.3) is 12.2 Å². The van der Waals surface area contributed by atoms with Crippen LogP contribution in [0, 0.1) is 0 Å². The van der Waals surface area contributed by atoms with Gasteiger partial charge in [0, 0.05) is 5.56 Å². The van der Waals surface area contributed by atoms with Crippen molar-refractivity contribution in [3.8, 4) is 11.5 Å². The van der Waals surface area contributed by atoms with Gasteiger partial charge in [0.15, 0.2) is 0 Å². The van der Waals surface area contributed by atoms with E-state index >= 15 is 0 Å². The highest BCUT2D eigenvalue weighted by molar-refractivity contribution is 5.97. The molecule has 7 heteroatoms. The predicted octanol–water partition coefficient (Wildman–Crippen LogP) is 6.58. The highest BCUT2D eigenvalue weighted by atomic mass is 19.4. The fourth-order valence-corrected chi connectivity index (χ4v) is 2.89. The van der Waals surface area contributed by atoms with Gasteiger partial charge in [0.05, 0.1) is 11.7 Å². The lowest BCUT2D eigenvalue weighted by Gasteiger charge is -2.18. The number of phenols is 1. The number of carboxylic acid groups (broad SMARTS) is 1. The minimum absolute atomic E-state index is 0.182. The molecule has 0 heterocycles. The fourth-order valence-electron chi connectivity index (χ4n) is 2.89. The van der Waals surface area contributed by atoms with Gasteiger partial charge in [-0.25, -0.2) is 4.79 Å². The Hall–Kier alpha value is -3.22. The number of carboxylic acids is 1. The molecule has 0 saturated heterocycles. The molecule has 0 aliphatic carbocycles. The number of halogens is 3. The number of aromatic hydroxyl groups is 1. The summed E-state index contributed by atoms with van der Waals surface area (Å²) in [6.45, 7) is 7.40. The first-order chi connectivity index (χ1) is 14.4. The van der Waals surface area contributed by atoms with E-state index in [2.05, 4.69) is 0 Å². The minimum Gasteiger partial charge on any atom is -0.507 e. The van der Waals surface area contributed by atoms with Gasteiger partial charge in [-0.3, -0.25) is 0 Å². The number of benzene rings is 2. The SMILES string of the molecule is CC(C)=CCc1c(OC(C)C)cc(/C=C/c2ccc(C(F)(F)F)cc2)c(C(=O)O)c1O. The van der Waals surface area contributed by atoms with Crippen LogP contribution in [0.15, 0.2) is 42.0 Å². The molecule has 0 bridgehead atoms. The average Bonchev–Trinajstić information content (AvgIpc) is 2.64. The number of allylic oxidation sites excluding steroid dienone is 2. The van der Waals surface area contributed by atoms with Gasteiger partial charge in [-0.05, 0) is 63.4 Å². The van der Waals surface area contributed by atoms with Crippen molar-refractivity contribution < 1.29 is 32.9 Å². The summed E-state index contributed by atoms with van der Waals surface area (Å²) >= 11 is 0. The molecule has 0 amide bonds. The van der Waals surface area contributed by atoms with Gasteiger partial charge in [0.25, 0.3) is 0 Å². The number of rotatable bonds is 7. The van der Waals surface area contributed by atoms with E-state index in [0.29, 0.717) is 23.3 Å². The van der Waals surface area contributed by atoms with Crippen molar-refractivity contribution in [2.24, 2.45) is 0 Å². The Morgan fingerprint density at radius 2 is 1.74 bits per heavy atom. The number of hydrogen-bond acceptors (Lipinski definition) is 3. The van der Waals surface area contributed by atoms with Gasteiger partial charge in [-0.1, -0.05) is 35.9 Å². The maximum atomic E-state index is 12.7. The Bertz CT molecular complexity index is 997. The van der Waals surface area contributed by atoms with Crippen LogP contribution >= 0.6 is 0 Å². The molecule has 31 heavy (non-hydrogen) atoms. The first kappa shape index (κ1) is 24.1. The van der Waals surface area contributed by atoms with Crippen molar-refractivity contribution in [2.45, 2.75) is 46.4 Å². The van der Waals surface area contributed by atoms with Crippen molar-refractivity contribution in [3.05, 3.63) is 69.8 Å². The second-order valence-corrected chi connectivity index (χ2v) is 7.58. The number of aromatic carboxylic acids is 1. The molecule has 0 saturated carbocycles. The van der Waals surface area contributed by atoms with Crippen LogP contribution in [0.4, 0.5) is 13.2 Å². The number of hydrogen-bond donors (Lipinski definition) is 2. The van der Waals surface area contributed by atoms with Crippen molar-refractivity contribution in [1.29, 1.82) is 0 Å². The zero-order valence-corrected chi connectivity index (χ0v) is 17.7. The van der Waals surface area contributed by atoms with Crippen LogP contribution in [0.2, 0.25) is 0 Å². The molecule has 2 N–H and O–H groups in total. The van der Waals surface area contributed by atoms with Crippen LogP contribution in [0.3, 0.4) is 0 Å². The van der Waals surface area contributed by atoms with Crippen LogP contribution in [-0.4, -0.2) is 22.3 Å². The van der Waals surface area contributed by atoms with Gasteiger partial charge >= 0.3 is 12.1 Å². The van der Waals surface area contributed by atoms with Gasteiger partial charge in [-0.2, -0.15) is 13.2 Å². The summed E-state index contributed by atoms with van der Waals surface area (Å²) in [7, 11) is 0. The van der Waals surface area contributed by atoms with E-state index in [1.807, 2.05) is 33.8 Å². The Morgan fingerprint density at radius 3 is 2.23 bits per heavy atom. The molecule has 0 spiro atoms. The molecule has 0 aromatic heterocycles. The lowest BCUT2D eigenvalue weighted by Crippen LogP contribution is -2.10. The second kappa shape index (κ2) is 9.73. The van der Waals surface area contributed by atoms with Crippen LogP contribution < -0.4 is 4.74 Å². The molecule has 2 aromatic carbocycles. The standard InChI is InChI=1S/C24H25F3O4/c1-14(2)5-12-19-20(31-15(3)4)13-17(21(22(19)28)23(29)30)9-6-16-7-10-18(11-8-16)24(25,26)27/h5-11,13,15,28H,12H2,1-4H3,(H,29,30)/b9-6+. The number of carbonyl (C=O) groups is 1. The van der Waals surface area contributed by atoms with Crippen LogP contribution in [-0.2, 0) is 12.6 Å². The molecule has 0 unspecified atom stereocenters. The third kappa shape index (κ3) is 6.38. The zero-order valence-electron chi connectivity index (χ0n) is 17.7. The molecule has 2 rings (SSSR count). The Balaban J connectivity index is 2.55. The zero-order chi connectivity index (χ0) is 23.3. The number of ether oxygens (including phenoxy) is 1. The lowest BCUT2D eigenvalue weighted by molar-refractivity contribution is -0.137. The van der Waals surface area contributed by atoms with Gasteiger partial charge in [0.2, 0.25) is 0 Å². The smallest absolute Gasteiger partial charge is 0.416 e. The average molecular weight is 434 g/mol. The molecule has 166 valence electrons. The summed E-state index contributed by atoms with van der Waals surface area (Å²) in [4.78, 5) is 11.9. The van der Waals surface area contributed by atoms with Crippen molar-refractivity contribution in [1.82, 2.24) is 0 Å². The molecule has 0 atom stereocenters. The maximum absolute atomic E-state index is 12.7. The quantitative estimate of drug-likeness (QED) is 0.382. The summed E-state index contributed by atoms with van der Waals surface area (Å²) in [6, 6.07) is 6.00. The maximum Gasteiger partial charge on any atom is 0.416 e. The minimum atomic E-state index is -4.44. The van der Waals surface area contributed by atoms with Crippen molar-refractivity contribution in [2.75, 3.05) is 0 Å². The van der Waals surface area contributed by atoms with Crippen LogP contribution in [0.5, 0.6) is 11.5 Å². The highest BCUT2D eigenvalue weighted by Gasteiger charge is 2.29. The van der Waals surface area contributed by atoms with Crippen molar-refractivity contribution in [3.63, 3.8) is 0 Å². The van der Waals surface area contributed by atoms with E-state index in [0.717, 1.165) is 17.7 Å². The van der Waals surface area contributed by atoms with Crippen LogP contribution in [0.1, 0.15) is 60.3 Å². The van der Waals surface area contributed by atoms with E-state index in [4.69, 9.17) is 4.74 Å². The lowest BCUT2D eigenvalue weighted by atomic mass is 9.97. The largest absolute Gasteiger partial charge is 0.507 e. The van der Waals surface area contributed by atoms with Gasteiger partial charge in [0.1, 0.15) is 17.1 Å². The summed E-state index contributed by atoms with van der Waals surface area (Å²) in [5.41, 5.74) is 0.920. The molecule has 4 nitrogen and oxygen atoms in total. The van der Waals surface area contributed by atoms with E-state index in [-0.39, 0.29) is 17.2 Å². The summed E-state index contributed by atoms with van der Waals surface area (Å²) in [5, 5.41) is 20.4. The predicted molar refractivity (Wildman–Crippen MR) is 114 cm³/mol. The van der Waals surface area contributed by atoms with Gasteiger partial charge < -0.3 is 14.9 Å². The second-order valence-electron chi connectivity index (χ2n) is 7.58. The topological polar surface area (TPSA) is 66.8 Å². The summed E-state index contributed by atoms with van der Waals surface area (Å²) in [5.74, 6) is -1.36. The third-order valence-electron chi connectivity index (χ3n) is 4.38. The Labute approximate surface area is 179 Å². The third-order valence-corrected chi connectivity index (χ3v) is 4.38. The first-order valence-corrected chi connectivity index (χ1v) is 9.67. The Kier molecular flexibility index (Phi) is 7.55. The molecular weight excluding hydrogens is 409 g/mol. The fraction of sp³-hybridized carbons (Fsp3) is 0.292. The molecule has 2 aromatic rings. The molecule has 0 aliphatic rings. The van der Waals surface area contributed by atoms with E-state index in [9.17, 15) is 28.2 Å². The molecule has 0 fully saturated rings. The normalized spacial score (nSPS) is 11.7. The Morgan fingerprint density at radius 1 is 1.13 bits per heavy atom. The van der Waals surface area contributed by atoms with Crippen molar-refractivity contribution >= 4 is 18.1 Å². The molecule has 0 aliphatic heterocycles. The molecule has 0 radical (unpaired) electrons. The summed E-state index contributed by atoms with van der Waals surface area (Å²) in [6.07, 6.45) is 0.409. The monoisotopic (exact) mass is 434 g/mol. The highest BCUT2D eigenvalue weighted by Crippen LogP contribution is 2.37. The van der Waals surface area contributed by atoms with E-state index < -0.39 is 23.5 Å². The van der Waals surface area contributed by atoms with Gasteiger partial charge in [-0.15, -0.1) is 0 Å². The summed E-state index contributed by atoms with van der Waals surface area (Å²) < 4.78 is 44.0. The van der Waals surface area contributed by atoms with E-state index in [1.165, 1.54) is 30.4 Å². The van der Waals surface area contributed by atoms with E-state index in [1.54, 1.807) is 0 Å². The molecular formula is C24H25F3O4.